The van der Waals surface area contributed by atoms with Crippen LogP contribution in [-0.4, -0.2) is 11.7 Å². The van der Waals surface area contributed by atoms with Crippen LogP contribution in [0.2, 0.25) is 0 Å². The van der Waals surface area contributed by atoms with E-state index in [2.05, 4.69) is 20.8 Å². The van der Waals surface area contributed by atoms with Gasteiger partial charge in [0, 0.05) is 6.61 Å². The van der Waals surface area contributed by atoms with Gasteiger partial charge in [-0.25, -0.2) is 0 Å². The molecule has 0 aromatic carbocycles. The standard InChI is InChI=1S/C11H22O/c1-9(8-12)10-6-4-5-7-11(10,2)3/h9-10,12H,4-8H2,1-3H3. The summed E-state index contributed by atoms with van der Waals surface area (Å²) in [4.78, 5) is 0. The summed E-state index contributed by atoms with van der Waals surface area (Å²) in [6.07, 6.45) is 5.39. The molecule has 0 saturated heterocycles. The highest BCUT2D eigenvalue weighted by molar-refractivity contribution is 4.85. The van der Waals surface area contributed by atoms with Crippen molar-refractivity contribution in [3.05, 3.63) is 0 Å². The summed E-state index contributed by atoms with van der Waals surface area (Å²) < 4.78 is 0. The molecule has 12 heavy (non-hydrogen) atoms. The van der Waals surface area contributed by atoms with Crippen molar-refractivity contribution in [1.29, 1.82) is 0 Å². The van der Waals surface area contributed by atoms with Gasteiger partial charge in [-0.2, -0.15) is 0 Å². The molecule has 1 heteroatoms. The van der Waals surface area contributed by atoms with Crippen molar-refractivity contribution < 1.29 is 5.11 Å². The molecule has 0 heterocycles. The fraction of sp³-hybridized carbons (Fsp3) is 1.00. The van der Waals surface area contributed by atoms with Crippen LogP contribution < -0.4 is 0 Å². The number of aliphatic hydroxyl groups excluding tert-OH is 1. The Morgan fingerprint density at radius 3 is 2.58 bits per heavy atom. The predicted octanol–water partition coefficient (Wildman–Crippen LogP) is 2.83. The van der Waals surface area contributed by atoms with E-state index >= 15 is 0 Å². The summed E-state index contributed by atoms with van der Waals surface area (Å²) in [7, 11) is 0. The van der Waals surface area contributed by atoms with Gasteiger partial charge in [-0.15, -0.1) is 0 Å². The van der Waals surface area contributed by atoms with E-state index in [-0.39, 0.29) is 0 Å². The van der Waals surface area contributed by atoms with E-state index in [1.54, 1.807) is 0 Å². The molecule has 1 saturated carbocycles. The van der Waals surface area contributed by atoms with Gasteiger partial charge < -0.3 is 5.11 Å². The maximum atomic E-state index is 9.12. The molecular formula is C11H22O. The summed E-state index contributed by atoms with van der Waals surface area (Å²) in [5.74, 6) is 1.22. The lowest BCUT2D eigenvalue weighted by molar-refractivity contribution is 0.0569. The third-order valence-corrected chi connectivity index (χ3v) is 3.56. The number of hydrogen-bond donors (Lipinski definition) is 1. The zero-order valence-corrected chi connectivity index (χ0v) is 8.64. The lowest BCUT2D eigenvalue weighted by Crippen LogP contribution is -2.33. The number of hydrogen-bond acceptors (Lipinski definition) is 1. The summed E-state index contributed by atoms with van der Waals surface area (Å²) >= 11 is 0. The Morgan fingerprint density at radius 2 is 2.08 bits per heavy atom. The summed E-state index contributed by atoms with van der Waals surface area (Å²) in [6.45, 7) is 7.23. The van der Waals surface area contributed by atoms with Gasteiger partial charge in [0.1, 0.15) is 0 Å². The molecule has 1 nitrogen and oxygen atoms in total. The third kappa shape index (κ3) is 2.01. The molecule has 0 spiro atoms. The first-order valence-electron chi connectivity index (χ1n) is 5.19. The molecule has 0 aromatic rings. The Kier molecular flexibility index (Phi) is 3.16. The quantitative estimate of drug-likeness (QED) is 0.675. The Balaban J connectivity index is 2.59. The number of rotatable bonds is 2. The van der Waals surface area contributed by atoms with Gasteiger partial charge in [-0.05, 0) is 30.1 Å². The van der Waals surface area contributed by atoms with Gasteiger partial charge in [0.15, 0.2) is 0 Å². The molecule has 1 rings (SSSR count). The average Bonchev–Trinajstić information content (AvgIpc) is 2.02. The van der Waals surface area contributed by atoms with E-state index in [0.29, 0.717) is 17.9 Å². The highest BCUT2D eigenvalue weighted by Gasteiger charge is 2.34. The monoisotopic (exact) mass is 170 g/mol. The Bertz CT molecular complexity index is 140. The van der Waals surface area contributed by atoms with E-state index in [9.17, 15) is 0 Å². The van der Waals surface area contributed by atoms with Crippen molar-refractivity contribution in [3.63, 3.8) is 0 Å². The van der Waals surface area contributed by atoms with Crippen LogP contribution >= 0.6 is 0 Å². The summed E-state index contributed by atoms with van der Waals surface area (Å²) in [5.41, 5.74) is 0.459. The lowest BCUT2D eigenvalue weighted by atomic mass is 9.64. The van der Waals surface area contributed by atoms with Crippen LogP contribution in [0, 0.1) is 17.3 Å². The van der Waals surface area contributed by atoms with Gasteiger partial charge in [-0.3, -0.25) is 0 Å². The normalized spacial score (nSPS) is 31.5. The van der Waals surface area contributed by atoms with Crippen LogP contribution in [0.1, 0.15) is 46.5 Å². The van der Waals surface area contributed by atoms with Crippen molar-refractivity contribution >= 4 is 0 Å². The van der Waals surface area contributed by atoms with Crippen molar-refractivity contribution in [2.75, 3.05) is 6.61 Å². The van der Waals surface area contributed by atoms with Crippen molar-refractivity contribution in [1.82, 2.24) is 0 Å². The van der Waals surface area contributed by atoms with E-state index in [0.717, 1.165) is 5.92 Å². The van der Waals surface area contributed by atoms with Gasteiger partial charge in [-0.1, -0.05) is 33.6 Å². The minimum Gasteiger partial charge on any atom is -0.396 e. The predicted molar refractivity (Wildman–Crippen MR) is 52.0 cm³/mol. The molecule has 0 amide bonds. The van der Waals surface area contributed by atoms with Crippen LogP contribution in [0.15, 0.2) is 0 Å². The van der Waals surface area contributed by atoms with Crippen molar-refractivity contribution in [3.8, 4) is 0 Å². The van der Waals surface area contributed by atoms with E-state index < -0.39 is 0 Å². The highest BCUT2D eigenvalue weighted by Crippen LogP contribution is 2.44. The Morgan fingerprint density at radius 1 is 1.42 bits per heavy atom. The molecule has 2 atom stereocenters. The van der Waals surface area contributed by atoms with E-state index in [1.807, 2.05) is 0 Å². The van der Waals surface area contributed by atoms with Crippen molar-refractivity contribution in [2.24, 2.45) is 17.3 Å². The Hall–Kier alpha value is -0.0400. The molecule has 0 bridgehead atoms. The van der Waals surface area contributed by atoms with Gasteiger partial charge in [0.05, 0.1) is 0 Å². The molecule has 1 aliphatic rings. The van der Waals surface area contributed by atoms with E-state index in [4.69, 9.17) is 5.11 Å². The first-order chi connectivity index (χ1) is 5.58. The molecule has 1 aliphatic carbocycles. The molecular weight excluding hydrogens is 148 g/mol. The molecule has 2 unspecified atom stereocenters. The smallest absolute Gasteiger partial charge is 0.0459 e. The second-order valence-corrected chi connectivity index (χ2v) is 5.00. The number of aliphatic hydroxyl groups is 1. The minimum atomic E-state index is 0.355. The molecule has 0 aromatic heterocycles. The van der Waals surface area contributed by atoms with Crippen LogP contribution in [0.4, 0.5) is 0 Å². The highest BCUT2D eigenvalue weighted by atomic mass is 16.3. The van der Waals surface area contributed by atoms with Gasteiger partial charge in [0.2, 0.25) is 0 Å². The first-order valence-corrected chi connectivity index (χ1v) is 5.19. The second kappa shape index (κ2) is 3.78. The molecule has 0 aliphatic heterocycles. The lowest BCUT2D eigenvalue weighted by Gasteiger charge is -2.41. The largest absolute Gasteiger partial charge is 0.396 e. The topological polar surface area (TPSA) is 20.2 Å². The van der Waals surface area contributed by atoms with Crippen LogP contribution in [0.3, 0.4) is 0 Å². The van der Waals surface area contributed by atoms with E-state index in [1.165, 1.54) is 25.7 Å². The maximum Gasteiger partial charge on any atom is 0.0459 e. The second-order valence-electron chi connectivity index (χ2n) is 5.00. The molecule has 0 radical (unpaired) electrons. The van der Waals surface area contributed by atoms with Crippen LogP contribution in [0.25, 0.3) is 0 Å². The van der Waals surface area contributed by atoms with Gasteiger partial charge >= 0.3 is 0 Å². The third-order valence-electron chi connectivity index (χ3n) is 3.56. The zero-order chi connectivity index (χ0) is 9.19. The first kappa shape index (κ1) is 10.0. The zero-order valence-electron chi connectivity index (χ0n) is 8.64. The van der Waals surface area contributed by atoms with Crippen LogP contribution in [-0.2, 0) is 0 Å². The average molecular weight is 170 g/mol. The SMILES string of the molecule is CC(CO)C1CCCCC1(C)C. The molecule has 72 valence electrons. The Labute approximate surface area is 76.2 Å². The molecule has 1 N–H and O–H groups in total. The fourth-order valence-electron chi connectivity index (χ4n) is 2.70. The van der Waals surface area contributed by atoms with Crippen molar-refractivity contribution in [2.45, 2.75) is 46.5 Å². The summed E-state index contributed by atoms with van der Waals surface area (Å²) in [6, 6.07) is 0. The maximum absolute atomic E-state index is 9.12. The fourth-order valence-corrected chi connectivity index (χ4v) is 2.70. The van der Waals surface area contributed by atoms with Gasteiger partial charge in [0.25, 0.3) is 0 Å². The minimum absolute atomic E-state index is 0.355. The van der Waals surface area contributed by atoms with Crippen LogP contribution in [0.5, 0.6) is 0 Å². The molecule has 1 fully saturated rings. The summed E-state index contributed by atoms with van der Waals surface area (Å²) in [5, 5.41) is 9.12.